The molecule has 0 atom stereocenters. The standard InChI is InChI=1S/C23H28Cl2FN5O2S/c1-23(2,3)33-22(32)31-11-5-10-30(12-13-31)20-15(6-4-9-27-20)14-28-21(34)29-17-8-7-16(26)18(24)19(17)25/h4,6-9H,5,10-14H2,1-3H3,(H2,28,29,34). The first-order chi connectivity index (χ1) is 16.0. The maximum absolute atomic E-state index is 13.5. The first-order valence-corrected chi connectivity index (χ1v) is 12.1. The molecule has 0 unspecified atom stereocenters. The number of halogens is 3. The zero-order valence-corrected chi connectivity index (χ0v) is 21.7. The van der Waals surface area contributed by atoms with E-state index in [2.05, 4.69) is 20.5 Å². The molecular formula is C23H28Cl2FN5O2S. The molecule has 7 nitrogen and oxygen atoms in total. The molecule has 0 radical (unpaired) electrons. The number of pyridine rings is 1. The molecule has 1 fully saturated rings. The zero-order valence-electron chi connectivity index (χ0n) is 19.3. The summed E-state index contributed by atoms with van der Waals surface area (Å²) in [6, 6.07) is 6.52. The van der Waals surface area contributed by atoms with Gasteiger partial charge in [-0.2, -0.15) is 0 Å². The number of amides is 1. The Morgan fingerprint density at radius 3 is 2.68 bits per heavy atom. The number of anilines is 2. The van der Waals surface area contributed by atoms with Crippen molar-refractivity contribution in [3.05, 3.63) is 51.9 Å². The highest BCUT2D eigenvalue weighted by atomic mass is 35.5. The number of benzene rings is 1. The second kappa shape index (κ2) is 11.4. The average molecular weight is 528 g/mol. The normalized spacial score (nSPS) is 14.4. The number of hydrogen-bond donors (Lipinski definition) is 2. The van der Waals surface area contributed by atoms with E-state index in [4.69, 9.17) is 40.2 Å². The topological polar surface area (TPSA) is 69.7 Å². The number of ether oxygens (including phenoxy) is 1. The van der Waals surface area contributed by atoms with Gasteiger partial charge in [-0.25, -0.2) is 14.2 Å². The van der Waals surface area contributed by atoms with Crippen molar-refractivity contribution in [3.8, 4) is 0 Å². The van der Waals surface area contributed by atoms with Crippen LogP contribution in [0.1, 0.15) is 32.8 Å². The number of nitrogens with one attached hydrogen (secondary N) is 2. The predicted octanol–water partition coefficient (Wildman–Crippen LogP) is 5.46. The third-order valence-corrected chi connectivity index (χ3v) is 6.14. The van der Waals surface area contributed by atoms with E-state index < -0.39 is 11.4 Å². The van der Waals surface area contributed by atoms with Crippen LogP contribution in [-0.4, -0.2) is 52.9 Å². The summed E-state index contributed by atoms with van der Waals surface area (Å²) in [4.78, 5) is 20.9. The fourth-order valence-corrected chi connectivity index (χ4v) is 4.00. The van der Waals surface area contributed by atoms with Crippen LogP contribution in [0.5, 0.6) is 0 Å². The second-order valence-electron chi connectivity index (χ2n) is 8.82. The number of hydrogen-bond acceptors (Lipinski definition) is 5. The number of carbonyl (C=O) groups excluding carboxylic acids is 1. The van der Waals surface area contributed by atoms with E-state index in [1.54, 1.807) is 11.1 Å². The molecule has 1 aromatic heterocycles. The SMILES string of the molecule is CC(C)(C)OC(=O)N1CCCN(c2ncccc2CNC(=S)Nc2ccc(F)c(Cl)c2Cl)CC1. The summed E-state index contributed by atoms with van der Waals surface area (Å²) >= 11 is 17.3. The molecule has 2 N–H and O–H groups in total. The molecule has 1 saturated heterocycles. The van der Waals surface area contributed by atoms with E-state index in [0.29, 0.717) is 37.0 Å². The highest BCUT2D eigenvalue weighted by molar-refractivity contribution is 7.80. The van der Waals surface area contributed by atoms with Crippen LogP contribution in [0.2, 0.25) is 10.0 Å². The minimum atomic E-state index is -0.598. The number of aromatic nitrogens is 1. The fourth-order valence-electron chi connectivity index (χ4n) is 3.46. The number of nitrogens with zero attached hydrogens (tertiary/aromatic N) is 3. The lowest BCUT2D eigenvalue weighted by atomic mass is 10.2. The van der Waals surface area contributed by atoms with Gasteiger partial charge in [0.1, 0.15) is 17.2 Å². The molecule has 0 saturated carbocycles. The molecule has 0 spiro atoms. The fraction of sp³-hybridized carbons (Fsp3) is 0.435. The van der Waals surface area contributed by atoms with Gasteiger partial charge in [-0.3, -0.25) is 0 Å². The van der Waals surface area contributed by atoms with Crippen molar-refractivity contribution < 1.29 is 13.9 Å². The van der Waals surface area contributed by atoms with Crippen LogP contribution in [0.25, 0.3) is 0 Å². The predicted molar refractivity (Wildman–Crippen MR) is 138 cm³/mol. The van der Waals surface area contributed by atoms with Crippen molar-refractivity contribution >= 4 is 58.1 Å². The molecule has 1 aliphatic heterocycles. The molecule has 1 aromatic carbocycles. The average Bonchev–Trinajstić information content (AvgIpc) is 3.03. The Hall–Kier alpha value is -2.36. The molecule has 1 amide bonds. The van der Waals surface area contributed by atoms with Crippen molar-refractivity contribution in [1.29, 1.82) is 0 Å². The lowest BCUT2D eigenvalue weighted by molar-refractivity contribution is 0.0263. The number of carbonyl (C=O) groups is 1. The van der Waals surface area contributed by atoms with Gasteiger partial charge in [0.25, 0.3) is 0 Å². The summed E-state index contributed by atoms with van der Waals surface area (Å²) in [5.41, 5.74) is 0.825. The van der Waals surface area contributed by atoms with Gasteiger partial charge < -0.3 is 25.2 Å². The molecule has 0 aliphatic carbocycles. The van der Waals surface area contributed by atoms with E-state index in [0.717, 1.165) is 24.3 Å². The lowest BCUT2D eigenvalue weighted by Crippen LogP contribution is -2.39. The number of rotatable bonds is 4. The summed E-state index contributed by atoms with van der Waals surface area (Å²) in [6.07, 6.45) is 2.24. The Kier molecular flexibility index (Phi) is 8.78. The molecule has 3 rings (SSSR count). The summed E-state index contributed by atoms with van der Waals surface area (Å²) in [6.45, 7) is 8.56. The smallest absolute Gasteiger partial charge is 0.410 e. The van der Waals surface area contributed by atoms with E-state index >= 15 is 0 Å². The Balaban J connectivity index is 1.62. The molecule has 1 aliphatic rings. The summed E-state index contributed by atoms with van der Waals surface area (Å²) < 4.78 is 19.0. The van der Waals surface area contributed by atoms with E-state index in [9.17, 15) is 9.18 Å². The van der Waals surface area contributed by atoms with Crippen molar-refractivity contribution in [2.45, 2.75) is 39.3 Å². The van der Waals surface area contributed by atoms with Gasteiger partial charge in [0.2, 0.25) is 0 Å². The lowest BCUT2D eigenvalue weighted by Gasteiger charge is -2.27. The van der Waals surface area contributed by atoms with E-state index in [1.165, 1.54) is 12.1 Å². The molecule has 34 heavy (non-hydrogen) atoms. The van der Waals surface area contributed by atoms with Crippen LogP contribution in [0.4, 0.5) is 20.7 Å². The van der Waals surface area contributed by atoms with Crippen LogP contribution in [0.15, 0.2) is 30.5 Å². The second-order valence-corrected chi connectivity index (χ2v) is 9.99. The Morgan fingerprint density at radius 2 is 1.94 bits per heavy atom. The quantitative estimate of drug-likeness (QED) is 0.404. The van der Waals surface area contributed by atoms with Crippen molar-refractivity contribution in [2.24, 2.45) is 0 Å². The largest absolute Gasteiger partial charge is 0.444 e. The summed E-state index contributed by atoms with van der Waals surface area (Å²) in [7, 11) is 0. The monoisotopic (exact) mass is 527 g/mol. The summed E-state index contributed by atoms with van der Waals surface area (Å²) in [5, 5.41) is 6.28. The third-order valence-electron chi connectivity index (χ3n) is 5.04. The third kappa shape index (κ3) is 7.07. The van der Waals surface area contributed by atoms with Gasteiger partial charge in [0.05, 0.1) is 15.7 Å². The first kappa shape index (κ1) is 26.2. The van der Waals surface area contributed by atoms with Crippen LogP contribution in [0, 0.1) is 5.82 Å². The maximum atomic E-state index is 13.5. The molecule has 0 bridgehead atoms. The molecular weight excluding hydrogens is 500 g/mol. The van der Waals surface area contributed by atoms with Gasteiger partial charge in [-0.1, -0.05) is 29.3 Å². The van der Waals surface area contributed by atoms with Crippen LogP contribution < -0.4 is 15.5 Å². The molecule has 11 heteroatoms. The van der Waals surface area contributed by atoms with Crippen molar-refractivity contribution in [1.82, 2.24) is 15.2 Å². The Morgan fingerprint density at radius 1 is 1.18 bits per heavy atom. The molecule has 2 aromatic rings. The van der Waals surface area contributed by atoms with Crippen molar-refractivity contribution in [3.63, 3.8) is 0 Å². The highest BCUT2D eigenvalue weighted by Crippen LogP contribution is 2.32. The minimum absolute atomic E-state index is 0.0620. The maximum Gasteiger partial charge on any atom is 0.410 e. The van der Waals surface area contributed by atoms with E-state index in [-0.39, 0.29) is 16.1 Å². The zero-order chi connectivity index (χ0) is 24.9. The summed E-state index contributed by atoms with van der Waals surface area (Å²) in [5.74, 6) is 0.227. The van der Waals surface area contributed by atoms with Crippen LogP contribution >= 0.6 is 35.4 Å². The Labute approximate surface area is 214 Å². The van der Waals surface area contributed by atoms with Gasteiger partial charge in [0, 0.05) is 44.5 Å². The Bertz CT molecular complexity index is 1050. The molecule has 2 heterocycles. The highest BCUT2D eigenvalue weighted by Gasteiger charge is 2.25. The first-order valence-electron chi connectivity index (χ1n) is 10.9. The van der Waals surface area contributed by atoms with E-state index in [1.807, 2.05) is 32.9 Å². The minimum Gasteiger partial charge on any atom is -0.444 e. The van der Waals surface area contributed by atoms with Gasteiger partial charge in [0.15, 0.2) is 5.11 Å². The van der Waals surface area contributed by atoms with Gasteiger partial charge in [-0.05, 0) is 57.6 Å². The van der Waals surface area contributed by atoms with Gasteiger partial charge in [-0.15, -0.1) is 0 Å². The molecule has 184 valence electrons. The van der Waals surface area contributed by atoms with Crippen LogP contribution in [0.3, 0.4) is 0 Å². The number of thiocarbonyl (C=S) groups is 1. The van der Waals surface area contributed by atoms with Crippen molar-refractivity contribution in [2.75, 3.05) is 36.4 Å². The van der Waals surface area contributed by atoms with Crippen LogP contribution in [-0.2, 0) is 11.3 Å². The van der Waals surface area contributed by atoms with Gasteiger partial charge >= 0.3 is 6.09 Å².